The quantitative estimate of drug-likeness (QED) is 0.660. The Labute approximate surface area is 139 Å². The molecule has 0 spiro atoms. The van der Waals surface area contributed by atoms with Gasteiger partial charge in [-0.15, -0.1) is 0 Å². The number of halogens is 1. The molecule has 1 aromatic carbocycles. The van der Waals surface area contributed by atoms with Gasteiger partial charge in [0.15, 0.2) is 0 Å². The molecule has 2 rings (SSSR count). The van der Waals surface area contributed by atoms with Crippen LogP contribution in [-0.2, 0) is 14.3 Å². The van der Waals surface area contributed by atoms with Crippen LogP contribution < -0.4 is 0 Å². The van der Waals surface area contributed by atoms with Crippen LogP contribution in [0.25, 0.3) is 0 Å². The average Bonchev–Trinajstić information content (AvgIpc) is 2.55. The molecule has 1 heterocycles. The van der Waals surface area contributed by atoms with Crippen LogP contribution in [0.4, 0.5) is 9.18 Å². The van der Waals surface area contributed by atoms with Gasteiger partial charge >= 0.3 is 12.1 Å². The molecule has 1 fully saturated rings. The summed E-state index contributed by atoms with van der Waals surface area (Å²) in [4.78, 5) is 36.4. The summed E-state index contributed by atoms with van der Waals surface area (Å²) in [6.45, 7) is 2.07. The van der Waals surface area contributed by atoms with Crippen molar-refractivity contribution in [1.82, 2.24) is 4.90 Å². The van der Waals surface area contributed by atoms with Crippen molar-refractivity contribution in [2.75, 3.05) is 13.2 Å². The minimum absolute atomic E-state index is 0.191. The van der Waals surface area contributed by atoms with Crippen LogP contribution in [0.2, 0.25) is 0 Å². The predicted molar refractivity (Wildman–Crippen MR) is 82.9 cm³/mol. The van der Waals surface area contributed by atoms with Crippen LogP contribution in [0.15, 0.2) is 24.3 Å². The summed E-state index contributed by atoms with van der Waals surface area (Å²) in [5.74, 6) is -1.64. The van der Waals surface area contributed by atoms with Crippen molar-refractivity contribution in [1.29, 1.82) is 0 Å². The number of nitrogens with zero attached hydrogens (tertiary/aromatic N) is 1. The number of ketones is 1. The van der Waals surface area contributed by atoms with Crippen molar-refractivity contribution in [2.24, 2.45) is 5.92 Å². The largest absolute Gasteiger partial charge is 0.466 e. The van der Waals surface area contributed by atoms with E-state index in [0.29, 0.717) is 12.0 Å². The zero-order valence-electron chi connectivity index (χ0n) is 13.4. The number of amides is 1. The molecule has 7 heteroatoms. The van der Waals surface area contributed by atoms with Gasteiger partial charge in [-0.05, 0) is 37.5 Å². The number of ether oxygens (including phenoxy) is 1. The maximum absolute atomic E-state index is 13.1. The Morgan fingerprint density at radius 3 is 2.54 bits per heavy atom. The zero-order chi connectivity index (χ0) is 17.7. The second kappa shape index (κ2) is 7.90. The lowest BCUT2D eigenvalue weighted by Gasteiger charge is -2.37. The van der Waals surface area contributed by atoms with Gasteiger partial charge in [-0.1, -0.05) is 12.1 Å². The molecular formula is C17H20FNO5. The normalized spacial score (nSPS) is 20.5. The first-order valence-electron chi connectivity index (χ1n) is 7.85. The Morgan fingerprint density at radius 1 is 1.29 bits per heavy atom. The number of esters is 1. The van der Waals surface area contributed by atoms with Crippen molar-refractivity contribution in [3.05, 3.63) is 35.6 Å². The fraction of sp³-hybridized carbons (Fsp3) is 0.471. The van der Waals surface area contributed by atoms with Crippen molar-refractivity contribution in [3.63, 3.8) is 0 Å². The molecule has 130 valence electrons. The van der Waals surface area contributed by atoms with Gasteiger partial charge in [-0.3, -0.25) is 9.59 Å². The first-order valence-corrected chi connectivity index (χ1v) is 7.85. The van der Waals surface area contributed by atoms with E-state index in [1.807, 2.05) is 0 Å². The number of carboxylic acid groups (broad SMARTS) is 1. The second-order valence-corrected chi connectivity index (χ2v) is 5.71. The van der Waals surface area contributed by atoms with E-state index in [1.54, 1.807) is 6.92 Å². The summed E-state index contributed by atoms with van der Waals surface area (Å²) in [5.41, 5.74) is 0.632. The highest BCUT2D eigenvalue weighted by Crippen LogP contribution is 2.35. The van der Waals surface area contributed by atoms with Gasteiger partial charge in [0.2, 0.25) is 0 Å². The van der Waals surface area contributed by atoms with Gasteiger partial charge in [0.25, 0.3) is 0 Å². The summed E-state index contributed by atoms with van der Waals surface area (Å²) in [6.07, 6.45) is -0.749. The third-order valence-electron chi connectivity index (χ3n) is 4.18. The van der Waals surface area contributed by atoms with Gasteiger partial charge in [-0.25, -0.2) is 9.18 Å². The molecule has 1 aliphatic rings. The van der Waals surface area contributed by atoms with Gasteiger partial charge in [0.1, 0.15) is 18.0 Å². The van der Waals surface area contributed by atoms with E-state index in [9.17, 15) is 23.9 Å². The molecule has 0 radical (unpaired) electrons. The lowest BCUT2D eigenvalue weighted by Crippen LogP contribution is -2.42. The van der Waals surface area contributed by atoms with E-state index in [1.165, 1.54) is 29.2 Å². The smallest absolute Gasteiger partial charge is 0.407 e. The van der Waals surface area contributed by atoms with Gasteiger partial charge in [0, 0.05) is 12.5 Å². The van der Waals surface area contributed by atoms with E-state index in [4.69, 9.17) is 4.74 Å². The third-order valence-corrected chi connectivity index (χ3v) is 4.18. The molecule has 1 N–H and O–H groups in total. The molecule has 0 saturated carbocycles. The number of carbonyl (C=O) groups excluding carboxylic acids is 2. The predicted octanol–water partition coefficient (Wildman–Crippen LogP) is 2.78. The molecule has 0 aromatic heterocycles. The highest BCUT2D eigenvalue weighted by Gasteiger charge is 2.36. The molecule has 0 aliphatic carbocycles. The summed E-state index contributed by atoms with van der Waals surface area (Å²) < 4.78 is 17.9. The fourth-order valence-electron chi connectivity index (χ4n) is 2.99. The Morgan fingerprint density at radius 2 is 1.96 bits per heavy atom. The van der Waals surface area contributed by atoms with Crippen LogP contribution in [0, 0.1) is 11.7 Å². The molecule has 0 bridgehead atoms. The van der Waals surface area contributed by atoms with Crippen LogP contribution in [0.1, 0.15) is 37.8 Å². The number of benzene rings is 1. The monoisotopic (exact) mass is 337 g/mol. The number of carbonyl (C=O) groups is 3. The molecule has 1 aliphatic heterocycles. The SMILES string of the molecule is CCOC(=O)CC(=O)C1CCN(C(=O)O)C(c2ccc(F)cc2)C1. The maximum Gasteiger partial charge on any atom is 0.407 e. The minimum atomic E-state index is -1.08. The summed E-state index contributed by atoms with van der Waals surface area (Å²) >= 11 is 0. The number of hydrogen-bond acceptors (Lipinski definition) is 4. The maximum atomic E-state index is 13.1. The molecule has 1 amide bonds. The lowest BCUT2D eigenvalue weighted by atomic mass is 9.84. The first-order chi connectivity index (χ1) is 11.4. The molecule has 6 nitrogen and oxygen atoms in total. The van der Waals surface area contributed by atoms with Gasteiger partial charge in [-0.2, -0.15) is 0 Å². The van der Waals surface area contributed by atoms with Crippen LogP contribution >= 0.6 is 0 Å². The number of Topliss-reactive ketones (excluding diaryl/α,β-unsaturated/α-hetero) is 1. The minimum Gasteiger partial charge on any atom is -0.466 e. The first kappa shape index (κ1) is 17.9. The van der Waals surface area contributed by atoms with Crippen LogP contribution in [-0.4, -0.2) is 41.0 Å². The van der Waals surface area contributed by atoms with E-state index >= 15 is 0 Å². The summed E-state index contributed by atoms with van der Waals surface area (Å²) in [6, 6.07) is 5.04. The summed E-state index contributed by atoms with van der Waals surface area (Å²) in [5, 5.41) is 9.36. The summed E-state index contributed by atoms with van der Waals surface area (Å²) in [7, 11) is 0. The standard InChI is InChI=1S/C17H20FNO5/c1-2-24-16(21)10-15(20)12-7-8-19(17(22)23)14(9-12)11-3-5-13(18)6-4-11/h3-6,12,14H,2,7-10H2,1H3,(H,22,23). The molecule has 1 aromatic rings. The van der Waals surface area contributed by atoms with Crippen molar-refractivity contribution >= 4 is 17.8 Å². The number of piperidine rings is 1. The lowest BCUT2D eigenvalue weighted by molar-refractivity contribution is -0.146. The van der Waals surface area contributed by atoms with E-state index in [-0.39, 0.29) is 31.8 Å². The van der Waals surface area contributed by atoms with E-state index in [2.05, 4.69) is 0 Å². The molecule has 1 saturated heterocycles. The van der Waals surface area contributed by atoms with Crippen LogP contribution in [0.3, 0.4) is 0 Å². The Balaban J connectivity index is 2.13. The fourth-order valence-corrected chi connectivity index (χ4v) is 2.99. The topological polar surface area (TPSA) is 83.9 Å². The van der Waals surface area contributed by atoms with Crippen molar-refractivity contribution < 1.29 is 28.6 Å². The highest BCUT2D eigenvalue weighted by atomic mass is 19.1. The molecular weight excluding hydrogens is 317 g/mol. The molecule has 24 heavy (non-hydrogen) atoms. The Hall–Kier alpha value is -2.44. The van der Waals surface area contributed by atoms with Crippen molar-refractivity contribution in [3.8, 4) is 0 Å². The van der Waals surface area contributed by atoms with Crippen molar-refractivity contribution in [2.45, 2.75) is 32.2 Å². The molecule has 2 atom stereocenters. The second-order valence-electron chi connectivity index (χ2n) is 5.71. The Bertz CT molecular complexity index is 616. The zero-order valence-corrected chi connectivity index (χ0v) is 13.4. The van der Waals surface area contributed by atoms with E-state index < -0.39 is 29.8 Å². The third kappa shape index (κ3) is 4.31. The van der Waals surface area contributed by atoms with Gasteiger partial charge < -0.3 is 14.7 Å². The van der Waals surface area contributed by atoms with E-state index in [0.717, 1.165) is 0 Å². The number of hydrogen-bond donors (Lipinski definition) is 1. The number of likely N-dealkylation sites (tertiary alicyclic amines) is 1. The molecule has 2 unspecified atom stereocenters. The average molecular weight is 337 g/mol. The number of rotatable bonds is 5. The Kier molecular flexibility index (Phi) is 5.89. The van der Waals surface area contributed by atoms with Crippen LogP contribution in [0.5, 0.6) is 0 Å². The highest BCUT2D eigenvalue weighted by molar-refractivity contribution is 5.96. The van der Waals surface area contributed by atoms with Gasteiger partial charge in [0.05, 0.1) is 12.6 Å².